The lowest BCUT2D eigenvalue weighted by molar-refractivity contribution is 0.995. The molecular weight excluding hydrogens is 1030 g/mol. The van der Waals surface area contributed by atoms with E-state index in [4.69, 9.17) is 9.97 Å². The summed E-state index contributed by atoms with van der Waals surface area (Å²) in [6.07, 6.45) is 0. The van der Waals surface area contributed by atoms with E-state index in [2.05, 4.69) is 288 Å². The highest BCUT2D eigenvalue weighted by Crippen LogP contribution is 2.43. The molecule has 0 saturated carbocycles. The van der Waals surface area contributed by atoms with Crippen LogP contribution in [0.1, 0.15) is 0 Å². The van der Waals surface area contributed by atoms with Crippen LogP contribution in [0.2, 0.25) is 0 Å². The molecule has 4 nitrogen and oxygen atoms in total. The van der Waals surface area contributed by atoms with Crippen molar-refractivity contribution < 1.29 is 0 Å². The van der Waals surface area contributed by atoms with Gasteiger partial charge in [-0.1, -0.05) is 182 Å². The SMILES string of the molecule is c1ccc(-c2ccc(-c3ccccc3)c(-c3cc(-c4cccc(-n5c6ccccc6c6cc(-c7ccc8sc9ccccc9c8c7)ccc65)c4)nc(-n4c5ccccc5c5cc(-c6ccc7sc8ccccc8c7c6)ccc54)n3)c2)cc1. The summed E-state index contributed by atoms with van der Waals surface area (Å²) < 4.78 is 9.92. The second-order valence-electron chi connectivity index (χ2n) is 21.3. The number of para-hydroxylation sites is 2. The Hall–Kier alpha value is -10.2. The van der Waals surface area contributed by atoms with Crippen molar-refractivity contribution in [2.24, 2.45) is 0 Å². The highest BCUT2D eigenvalue weighted by molar-refractivity contribution is 7.26. The van der Waals surface area contributed by atoms with Crippen LogP contribution in [0.25, 0.3) is 163 Å². The predicted molar refractivity (Wildman–Crippen MR) is 349 cm³/mol. The van der Waals surface area contributed by atoms with E-state index in [0.717, 1.165) is 83.3 Å². The average Bonchev–Trinajstić information content (AvgIpc) is 4.46. The van der Waals surface area contributed by atoms with Crippen molar-refractivity contribution in [1.29, 1.82) is 0 Å². The first kappa shape index (κ1) is 46.7. The van der Waals surface area contributed by atoms with Gasteiger partial charge in [0.15, 0.2) is 0 Å². The second kappa shape index (κ2) is 18.7. The monoisotopic (exact) mass is 1080 g/mol. The molecule has 0 amide bonds. The number of fused-ring (bicyclic) bond motifs is 12. The van der Waals surface area contributed by atoms with Crippen LogP contribution in [0.15, 0.2) is 279 Å². The average molecular weight is 1080 g/mol. The predicted octanol–water partition coefficient (Wildman–Crippen LogP) is 21.4. The fraction of sp³-hybridized carbons (Fsp3) is 0. The van der Waals surface area contributed by atoms with Crippen LogP contribution in [0.4, 0.5) is 0 Å². The van der Waals surface area contributed by atoms with Gasteiger partial charge >= 0.3 is 0 Å². The van der Waals surface area contributed by atoms with E-state index in [-0.39, 0.29) is 0 Å². The van der Waals surface area contributed by atoms with Gasteiger partial charge in [-0.3, -0.25) is 4.57 Å². The lowest BCUT2D eigenvalue weighted by Gasteiger charge is -2.16. The molecule has 0 fully saturated rings. The normalized spacial score (nSPS) is 11.9. The molecule has 0 N–H and O–H groups in total. The molecule has 17 rings (SSSR count). The number of benzene rings is 12. The van der Waals surface area contributed by atoms with Crippen LogP contribution in [0.5, 0.6) is 0 Å². The van der Waals surface area contributed by atoms with Gasteiger partial charge < -0.3 is 4.57 Å². The summed E-state index contributed by atoms with van der Waals surface area (Å²) in [5.41, 5.74) is 18.3. The number of rotatable bonds is 8. The molecule has 82 heavy (non-hydrogen) atoms. The molecule has 12 aromatic carbocycles. The third-order valence-corrected chi connectivity index (χ3v) is 18.9. The van der Waals surface area contributed by atoms with E-state index in [1.807, 2.05) is 22.7 Å². The highest BCUT2D eigenvalue weighted by Gasteiger charge is 2.22. The van der Waals surface area contributed by atoms with Crippen molar-refractivity contribution in [2.75, 3.05) is 0 Å². The van der Waals surface area contributed by atoms with Gasteiger partial charge in [-0.05, 0) is 142 Å². The smallest absolute Gasteiger partial charge is 0.235 e. The van der Waals surface area contributed by atoms with Crippen LogP contribution in [0.3, 0.4) is 0 Å². The molecule has 17 aromatic rings. The highest BCUT2D eigenvalue weighted by atomic mass is 32.1. The van der Waals surface area contributed by atoms with Gasteiger partial charge in [0, 0.05) is 78.7 Å². The van der Waals surface area contributed by atoms with Gasteiger partial charge in [-0.25, -0.2) is 9.97 Å². The first-order valence-corrected chi connectivity index (χ1v) is 29.4. The number of aromatic nitrogens is 4. The van der Waals surface area contributed by atoms with Crippen LogP contribution >= 0.6 is 22.7 Å². The maximum atomic E-state index is 5.69. The zero-order chi connectivity index (χ0) is 53.8. The Kier molecular flexibility index (Phi) is 10.6. The lowest BCUT2D eigenvalue weighted by Crippen LogP contribution is -2.05. The number of hydrogen-bond donors (Lipinski definition) is 0. The topological polar surface area (TPSA) is 35.6 Å². The van der Waals surface area contributed by atoms with Crippen molar-refractivity contribution >= 4 is 107 Å². The summed E-state index contributed by atoms with van der Waals surface area (Å²) in [6, 6.07) is 102. The van der Waals surface area contributed by atoms with E-state index < -0.39 is 0 Å². The number of thiophene rings is 2. The largest absolute Gasteiger partial charge is 0.309 e. The van der Waals surface area contributed by atoms with E-state index in [1.54, 1.807) is 0 Å². The Bertz CT molecular complexity index is 5410. The second-order valence-corrected chi connectivity index (χ2v) is 23.4. The first-order valence-electron chi connectivity index (χ1n) is 27.8. The van der Waals surface area contributed by atoms with E-state index >= 15 is 0 Å². The molecular formula is C76H46N4S2. The van der Waals surface area contributed by atoms with Crippen LogP contribution in [-0.2, 0) is 0 Å². The molecule has 5 aromatic heterocycles. The molecule has 0 atom stereocenters. The Labute approximate surface area is 480 Å². The van der Waals surface area contributed by atoms with Crippen molar-refractivity contribution in [3.05, 3.63) is 279 Å². The molecule has 0 aliphatic heterocycles. The van der Waals surface area contributed by atoms with E-state index in [9.17, 15) is 0 Å². The molecule has 0 saturated heterocycles. The molecule has 6 heteroatoms. The third-order valence-electron chi connectivity index (χ3n) is 16.6. The van der Waals surface area contributed by atoms with Crippen LogP contribution in [0, 0.1) is 0 Å². The zero-order valence-corrected chi connectivity index (χ0v) is 45.8. The Morgan fingerprint density at radius 3 is 1.29 bits per heavy atom. The van der Waals surface area contributed by atoms with Crippen LogP contribution < -0.4 is 0 Å². The van der Waals surface area contributed by atoms with Crippen molar-refractivity contribution in [3.8, 4) is 78.7 Å². The van der Waals surface area contributed by atoms with E-state index in [0.29, 0.717) is 5.95 Å². The maximum Gasteiger partial charge on any atom is 0.235 e. The molecule has 0 spiro atoms. The molecule has 382 valence electrons. The Balaban J connectivity index is 0.859. The van der Waals surface area contributed by atoms with Crippen molar-refractivity contribution in [2.45, 2.75) is 0 Å². The summed E-state index contributed by atoms with van der Waals surface area (Å²) in [5, 5.41) is 9.91. The summed E-state index contributed by atoms with van der Waals surface area (Å²) in [6.45, 7) is 0. The molecule has 0 aliphatic carbocycles. The van der Waals surface area contributed by atoms with Gasteiger partial charge in [0.2, 0.25) is 5.95 Å². The number of nitrogens with zero attached hydrogens (tertiary/aromatic N) is 4. The van der Waals surface area contributed by atoms with E-state index in [1.165, 1.54) is 73.4 Å². The fourth-order valence-corrected chi connectivity index (χ4v) is 14.8. The molecule has 0 radical (unpaired) electrons. The Morgan fingerprint density at radius 1 is 0.232 bits per heavy atom. The summed E-state index contributed by atoms with van der Waals surface area (Å²) in [5.74, 6) is 0.602. The number of hydrogen-bond acceptors (Lipinski definition) is 4. The zero-order valence-electron chi connectivity index (χ0n) is 44.2. The van der Waals surface area contributed by atoms with Gasteiger partial charge in [0.05, 0.1) is 33.5 Å². The fourth-order valence-electron chi connectivity index (χ4n) is 12.7. The van der Waals surface area contributed by atoms with Crippen LogP contribution in [-0.4, -0.2) is 19.1 Å². The quantitative estimate of drug-likeness (QED) is 0.152. The van der Waals surface area contributed by atoms with Gasteiger partial charge in [-0.2, -0.15) is 0 Å². The summed E-state index contributed by atoms with van der Waals surface area (Å²) in [7, 11) is 0. The first-order chi connectivity index (χ1) is 40.6. The van der Waals surface area contributed by atoms with Gasteiger partial charge in [-0.15, -0.1) is 22.7 Å². The standard InChI is InChI=1S/C76H46N4S2/c1-3-16-47(17-4-1)49-30-35-56(48-18-5-2-6-19-48)61(41-49)67-46-66(77-76(78-67)80-69-27-12-8-23-58(69)63-43-51(32-37-71(63)80)53-34-39-75-65(45-53)60-25-10-14-29-73(60)82-75)54-20-15-21-55(40-54)79-68-26-11-7-22-57(68)62-42-50(31-36-70(62)79)52-33-38-74-64(44-52)59-24-9-13-28-72(59)81-74/h1-46H. The summed E-state index contributed by atoms with van der Waals surface area (Å²) >= 11 is 3.71. The minimum absolute atomic E-state index is 0.602. The van der Waals surface area contributed by atoms with Gasteiger partial charge in [0.25, 0.3) is 0 Å². The molecule has 0 unspecified atom stereocenters. The maximum absolute atomic E-state index is 5.69. The van der Waals surface area contributed by atoms with Gasteiger partial charge in [0.1, 0.15) is 0 Å². The van der Waals surface area contributed by atoms with Crippen molar-refractivity contribution in [1.82, 2.24) is 19.1 Å². The minimum atomic E-state index is 0.602. The lowest BCUT2D eigenvalue weighted by atomic mass is 9.93. The summed E-state index contributed by atoms with van der Waals surface area (Å²) in [4.78, 5) is 11.4. The molecule has 0 bridgehead atoms. The Morgan fingerprint density at radius 2 is 0.671 bits per heavy atom. The molecule has 5 heterocycles. The minimum Gasteiger partial charge on any atom is -0.309 e. The van der Waals surface area contributed by atoms with Crippen molar-refractivity contribution in [3.63, 3.8) is 0 Å². The molecule has 0 aliphatic rings. The third kappa shape index (κ3) is 7.57.